The molecule has 6 aromatic carbocycles. The number of hydrogen-bond acceptors (Lipinski definition) is 4. The number of fused-ring (bicyclic) bond motifs is 2. The molecule has 81 heavy (non-hydrogen) atoms. The van der Waals surface area contributed by atoms with Crippen LogP contribution in [0.15, 0.2) is 195 Å². The quantitative estimate of drug-likeness (QED) is 0.0409. The van der Waals surface area contributed by atoms with Crippen LogP contribution in [-0.4, -0.2) is 80.6 Å². The van der Waals surface area contributed by atoms with Gasteiger partial charge in [0.05, 0.1) is 12.1 Å². The maximum Gasteiger partial charge on any atom is 0.0675 e. The molecule has 6 rings (SSSR count). The summed E-state index contributed by atoms with van der Waals surface area (Å²) in [6.45, 7) is 47.5. The predicted molar refractivity (Wildman–Crippen MR) is 372 cm³/mol. The SMILES string of the molecule is C=C(NC(C(=C)NC(Cc1ccccc1)C(C)C(C)C(Cc1ccccc1)N(C)C(=C)C(NC(=C)C(Cc1cccc2ccccc12)CS(=C)(=C)C(C)(C)C)C(C)C)C(C)C)C(Cc1cccc2ccccc12)CS(=C)(=C)C(C)(C)C. The van der Waals surface area contributed by atoms with E-state index in [1.165, 1.54) is 43.8 Å². The van der Waals surface area contributed by atoms with E-state index >= 15 is 0 Å². The minimum atomic E-state index is -1.53. The Morgan fingerprint density at radius 3 is 1.25 bits per heavy atom. The molecule has 8 atom stereocenters. The summed E-state index contributed by atoms with van der Waals surface area (Å²) >= 11 is 0. The number of allylic oxidation sites excluding steroid dienone is 2. The number of likely N-dealkylation sites (N-methyl/N-ethyl adjacent to an activating group) is 1. The van der Waals surface area contributed by atoms with Crippen molar-refractivity contribution in [2.45, 2.75) is 142 Å². The van der Waals surface area contributed by atoms with E-state index in [1.54, 1.807) is 0 Å². The topological polar surface area (TPSA) is 39.3 Å². The highest BCUT2D eigenvalue weighted by molar-refractivity contribution is 8.29. The van der Waals surface area contributed by atoms with Crippen LogP contribution in [0.25, 0.3) is 21.5 Å². The van der Waals surface area contributed by atoms with Crippen LogP contribution in [0.2, 0.25) is 0 Å². The molecule has 0 aliphatic rings. The van der Waals surface area contributed by atoms with Crippen LogP contribution in [0.5, 0.6) is 0 Å². The van der Waals surface area contributed by atoms with Gasteiger partial charge in [-0.05, 0) is 114 Å². The molecule has 0 spiro atoms. The van der Waals surface area contributed by atoms with Crippen LogP contribution in [-0.2, 0) is 25.7 Å². The van der Waals surface area contributed by atoms with Crippen molar-refractivity contribution in [1.82, 2.24) is 20.9 Å². The fourth-order valence-corrected chi connectivity index (χ4v) is 14.7. The second-order valence-electron chi connectivity index (χ2n) is 26.6. The first-order chi connectivity index (χ1) is 38.0. The number of nitrogens with zero attached hydrogens (tertiary/aromatic N) is 1. The molecule has 436 valence electrons. The lowest BCUT2D eigenvalue weighted by Gasteiger charge is -2.44. The fourth-order valence-electron chi connectivity index (χ4n) is 11.5. The molecule has 0 aliphatic heterocycles. The molecule has 0 saturated heterocycles. The van der Waals surface area contributed by atoms with Crippen LogP contribution in [0.4, 0.5) is 0 Å². The van der Waals surface area contributed by atoms with Gasteiger partial charge < -0.3 is 20.9 Å². The molecule has 0 saturated carbocycles. The summed E-state index contributed by atoms with van der Waals surface area (Å²) in [7, 11) is -0.771. The molecule has 3 N–H and O–H groups in total. The highest BCUT2D eigenvalue weighted by atomic mass is 32.2. The molecular weight excluding hydrogens is 1020 g/mol. The van der Waals surface area contributed by atoms with Crippen molar-refractivity contribution in [2.24, 2.45) is 35.5 Å². The van der Waals surface area contributed by atoms with Crippen LogP contribution in [0, 0.1) is 35.5 Å². The Labute approximate surface area is 494 Å². The lowest BCUT2D eigenvalue weighted by Crippen LogP contribution is -2.51. The van der Waals surface area contributed by atoms with Gasteiger partial charge in [-0.25, -0.2) is 18.4 Å². The Morgan fingerprint density at radius 2 is 0.827 bits per heavy atom. The summed E-state index contributed by atoms with van der Waals surface area (Å²) in [6.07, 6.45) is 3.40. The number of rotatable bonds is 29. The molecule has 8 unspecified atom stereocenters. The Kier molecular flexibility index (Phi) is 21.9. The maximum atomic E-state index is 5.00. The molecule has 6 aromatic rings. The minimum Gasteiger partial charge on any atom is -0.384 e. The highest BCUT2D eigenvalue weighted by Gasteiger charge is 2.36. The van der Waals surface area contributed by atoms with E-state index in [1.807, 2.05) is 0 Å². The molecule has 0 aliphatic carbocycles. The summed E-state index contributed by atoms with van der Waals surface area (Å²) < 4.78 is -0.0728. The molecule has 0 radical (unpaired) electrons. The van der Waals surface area contributed by atoms with Gasteiger partial charge in [-0.2, -0.15) is 0 Å². The molecule has 4 nitrogen and oxygen atoms in total. The first kappa shape index (κ1) is 64.3. The van der Waals surface area contributed by atoms with Gasteiger partial charge in [0.1, 0.15) is 0 Å². The van der Waals surface area contributed by atoms with Crippen LogP contribution >= 0.6 is 18.4 Å². The van der Waals surface area contributed by atoms with E-state index in [0.29, 0.717) is 0 Å². The van der Waals surface area contributed by atoms with Crippen LogP contribution < -0.4 is 16.0 Å². The largest absolute Gasteiger partial charge is 0.384 e. The van der Waals surface area contributed by atoms with Gasteiger partial charge in [0.15, 0.2) is 0 Å². The first-order valence-electron chi connectivity index (χ1n) is 29.7. The van der Waals surface area contributed by atoms with Crippen molar-refractivity contribution in [3.63, 3.8) is 0 Å². The zero-order valence-corrected chi connectivity index (χ0v) is 53.9. The second kappa shape index (κ2) is 27.5. The molecule has 0 bridgehead atoms. The molecule has 6 heteroatoms. The van der Waals surface area contributed by atoms with Crippen molar-refractivity contribution < 1.29 is 0 Å². The van der Waals surface area contributed by atoms with Crippen molar-refractivity contribution in [1.29, 1.82) is 0 Å². The number of nitrogens with one attached hydrogen (secondary N) is 3. The smallest absolute Gasteiger partial charge is 0.0675 e. The lowest BCUT2D eigenvalue weighted by molar-refractivity contribution is 0.145. The normalized spacial score (nSPS) is 15.5. The Morgan fingerprint density at radius 1 is 0.444 bits per heavy atom. The van der Waals surface area contributed by atoms with Crippen molar-refractivity contribution >= 4 is 63.4 Å². The monoisotopic (exact) mass is 1120 g/mol. The van der Waals surface area contributed by atoms with Gasteiger partial charge in [0, 0.05) is 53.8 Å². The van der Waals surface area contributed by atoms with E-state index in [2.05, 4.69) is 257 Å². The third kappa shape index (κ3) is 16.7. The molecule has 0 amide bonds. The van der Waals surface area contributed by atoms with Gasteiger partial charge >= 0.3 is 0 Å². The van der Waals surface area contributed by atoms with Gasteiger partial charge in [-0.1, -0.05) is 278 Å². The third-order valence-electron chi connectivity index (χ3n) is 18.0. The average Bonchev–Trinajstić information content (AvgIpc) is 3.45. The van der Waals surface area contributed by atoms with Gasteiger partial charge in [0.25, 0.3) is 0 Å². The highest BCUT2D eigenvalue weighted by Crippen LogP contribution is 2.43. The maximum absolute atomic E-state index is 5.00. The second-order valence-corrected chi connectivity index (χ2v) is 33.9. The number of benzene rings is 6. The van der Waals surface area contributed by atoms with Crippen molar-refractivity contribution in [2.75, 3.05) is 18.6 Å². The van der Waals surface area contributed by atoms with E-state index in [-0.39, 0.29) is 69.2 Å². The summed E-state index contributed by atoms with van der Waals surface area (Å²) in [5, 5.41) is 17.3. The molecular formula is C75H104N4S2. The molecule has 0 fully saturated rings. The Balaban J connectivity index is 1.31. The predicted octanol–water partition coefficient (Wildman–Crippen LogP) is 17.2. The zero-order valence-electron chi connectivity index (χ0n) is 52.3. The summed E-state index contributed by atoms with van der Waals surface area (Å²) in [6, 6.07) is 52.8. The standard InChI is InChI=1S/C75H104N4S2/c1-52(2)72(77-56(7)66(50-80(18,19)74(11,12)13)48-64-42-32-40-62-38-28-30-44-68(62)64)58(9)76-70(46-60-34-24-22-25-35-60)54(5)55(6)71(47-61-36-26-23-27-37-61)79(17)59(10)73(53(3)4)78-57(8)67(51-81(20,21)75(14,15)16)49-65-43-33-41-63-39-29-31-45-69(63)65/h22-45,52-55,66-67,70-73,76-78H,7-10,18-21,46-51H2,1-6,11-17H3. The van der Waals surface area contributed by atoms with Crippen LogP contribution in [0.1, 0.15) is 105 Å². The van der Waals surface area contributed by atoms with Gasteiger partial charge in [0.2, 0.25) is 0 Å². The van der Waals surface area contributed by atoms with E-state index in [9.17, 15) is 0 Å². The van der Waals surface area contributed by atoms with E-state index in [0.717, 1.165) is 60.0 Å². The van der Waals surface area contributed by atoms with Crippen molar-refractivity contribution in [3.8, 4) is 0 Å². The Bertz CT molecular complexity index is 3290. The zero-order chi connectivity index (χ0) is 59.6. The lowest BCUT2D eigenvalue weighted by atomic mass is 9.78. The summed E-state index contributed by atoms with van der Waals surface area (Å²) in [5.41, 5.74) is 9.34. The van der Waals surface area contributed by atoms with Gasteiger partial charge in [-0.15, -0.1) is 0 Å². The first-order valence-corrected chi connectivity index (χ1v) is 34.0. The molecule has 0 aromatic heterocycles. The fraction of sp³-hybridized carbons (Fsp3) is 0.413. The van der Waals surface area contributed by atoms with Gasteiger partial charge in [-0.3, -0.25) is 0 Å². The van der Waals surface area contributed by atoms with E-state index < -0.39 is 18.4 Å². The molecule has 0 heterocycles. The average molecular weight is 1130 g/mol. The third-order valence-corrected chi connectivity index (χ3v) is 25.3. The minimum absolute atomic E-state index is 0.0361. The number of hydrogen-bond donors (Lipinski definition) is 3. The van der Waals surface area contributed by atoms with Crippen LogP contribution in [0.3, 0.4) is 0 Å². The Hall–Kier alpha value is -5.82. The summed E-state index contributed by atoms with van der Waals surface area (Å²) in [4.78, 5) is 2.50. The van der Waals surface area contributed by atoms with E-state index in [4.69, 9.17) is 49.8 Å². The van der Waals surface area contributed by atoms with Crippen molar-refractivity contribution in [3.05, 3.63) is 217 Å². The summed E-state index contributed by atoms with van der Waals surface area (Å²) in [5.74, 6) is 22.1.